The first-order valence-electron chi connectivity index (χ1n) is 9.29. The second-order valence-corrected chi connectivity index (χ2v) is 7.32. The summed E-state index contributed by atoms with van der Waals surface area (Å²) in [6.45, 7) is 7.21. The first-order chi connectivity index (χ1) is 12.0. The van der Waals surface area contributed by atoms with Gasteiger partial charge in [-0.15, -0.1) is 0 Å². The van der Waals surface area contributed by atoms with E-state index in [-0.39, 0.29) is 23.8 Å². The Labute approximate surface area is 149 Å². The minimum absolute atomic E-state index is 0.0557. The molecule has 1 fully saturated rings. The lowest BCUT2D eigenvalue weighted by molar-refractivity contribution is -0.135. The zero-order valence-electron chi connectivity index (χ0n) is 15.2. The van der Waals surface area contributed by atoms with Crippen LogP contribution >= 0.6 is 0 Å². The van der Waals surface area contributed by atoms with E-state index in [0.717, 1.165) is 38.0 Å². The van der Waals surface area contributed by atoms with E-state index in [0.29, 0.717) is 19.6 Å². The van der Waals surface area contributed by atoms with Crippen molar-refractivity contribution in [3.05, 3.63) is 29.6 Å². The molecule has 2 amide bonds. The molecule has 25 heavy (non-hydrogen) atoms. The largest absolute Gasteiger partial charge is 0.353 e. The predicted octanol–water partition coefficient (Wildman–Crippen LogP) is 1.17. The SMILES string of the molecule is CC(C)NC(=O)CN1CCN(C(=O)C2CCCc3cccnc32)CC1. The average molecular weight is 344 g/mol. The molecule has 2 aliphatic rings. The van der Waals surface area contributed by atoms with Crippen LogP contribution in [0.3, 0.4) is 0 Å². The molecule has 1 aromatic rings. The molecule has 1 N–H and O–H groups in total. The van der Waals surface area contributed by atoms with Crippen molar-refractivity contribution in [3.63, 3.8) is 0 Å². The fourth-order valence-corrected chi connectivity index (χ4v) is 3.77. The van der Waals surface area contributed by atoms with Crippen LogP contribution in [0.15, 0.2) is 18.3 Å². The lowest BCUT2D eigenvalue weighted by Gasteiger charge is -2.37. The summed E-state index contributed by atoms with van der Waals surface area (Å²) in [5, 5.41) is 2.92. The van der Waals surface area contributed by atoms with E-state index >= 15 is 0 Å². The Hall–Kier alpha value is -1.95. The van der Waals surface area contributed by atoms with Crippen molar-refractivity contribution in [1.82, 2.24) is 20.1 Å². The number of hydrogen-bond donors (Lipinski definition) is 1. The molecule has 0 spiro atoms. The number of piperazine rings is 1. The van der Waals surface area contributed by atoms with Gasteiger partial charge in [0, 0.05) is 38.4 Å². The van der Waals surface area contributed by atoms with Gasteiger partial charge < -0.3 is 10.2 Å². The van der Waals surface area contributed by atoms with Gasteiger partial charge in [0.15, 0.2) is 0 Å². The van der Waals surface area contributed by atoms with Gasteiger partial charge in [0.1, 0.15) is 0 Å². The number of fused-ring (bicyclic) bond motifs is 1. The molecule has 1 aromatic heterocycles. The van der Waals surface area contributed by atoms with Crippen molar-refractivity contribution in [2.75, 3.05) is 32.7 Å². The summed E-state index contributed by atoms with van der Waals surface area (Å²) in [4.78, 5) is 33.4. The molecule has 0 aromatic carbocycles. The highest BCUT2D eigenvalue weighted by Crippen LogP contribution is 2.31. The van der Waals surface area contributed by atoms with E-state index in [1.807, 2.05) is 24.8 Å². The van der Waals surface area contributed by atoms with E-state index in [1.165, 1.54) is 5.56 Å². The van der Waals surface area contributed by atoms with Gasteiger partial charge in [-0.05, 0) is 44.7 Å². The van der Waals surface area contributed by atoms with Crippen LogP contribution in [0.25, 0.3) is 0 Å². The summed E-state index contributed by atoms with van der Waals surface area (Å²) < 4.78 is 0. The number of amides is 2. The molecule has 0 bridgehead atoms. The van der Waals surface area contributed by atoms with E-state index in [9.17, 15) is 9.59 Å². The molecule has 1 atom stereocenters. The Balaban J connectivity index is 1.55. The van der Waals surface area contributed by atoms with Crippen molar-refractivity contribution >= 4 is 11.8 Å². The van der Waals surface area contributed by atoms with E-state index < -0.39 is 0 Å². The van der Waals surface area contributed by atoms with Gasteiger partial charge in [-0.1, -0.05) is 6.07 Å². The quantitative estimate of drug-likeness (QED) is 0.890. The van der Waals surface area contributed by atoms with Gasteiger partial charge >= 0.3 is 0 Å². The number of pyridine rings is 1. The Morgan fingerprint density at radius 2 is 2.04 bits per heavy atom. The van der Waals surface area contributed by atoms with Gasteiger partial charge in [0.2, 0.25) is 11.8 Å². The van der Waals surface area contributed by atoms with Crippen LogP contribution in [0.5, 0.6) is 0 Å². The van der Waals surface area contributed by atoms with E-state index in [1.54, 1.807) is 6.20 Å². The second-order valence-electron chi connectivity index (χ2n) is 7.32. The molecular weight excluding hydrogens is 316 g/mol. The molecule has 136 valence electrons. The summed E-state index contributed by atoms with van der Waals surface area (Å²) >= 11 is 0. The Kier molecular flexibility index (Phi) is 5.68. The van der Waals surface area contributed by atoms with Gasteiger partial charge in [-0.2, -0.15) is 0 Å². The number of aryl methyl sites for hydroxylation is 1. The molecule has 6 nitrogen and oxygen atoms in total. The molecule has 2 heterocycles. The van der Waals surface area contributed by atoms with Gasteiger partial charge in [-0.3, -0.25) is 19.5 Å². The predicted molar refractivity (Wildman–Crippen MR) is 96.2 cm³/mol. The number of nitrogens with one attached hydrogen (secondary N) is 1. The summed E-state index contributed by atoms with van der Waals surface area (Å²) in [5.74, 6) is 0.159. The molecule has 1 saturated heterocycles. The number of rotatable bonds is 4. The number of nitrogens with zero attached hydrogens (tertiary/aromatic N) is 3. The molecule has 0 radical (unpaired) electrons. The summed E-state index contributed by atoms with van der Waals surface area (Å²) in [5.41, 5.74) is 2.19. The molecule has 3 rings (SSSR count). The first-order valence-corrected chi connectivity index (χ1v) is 9.29. The maximum atomic E-state index is 13.0. The van der Waals surface area contributed by atoms with Crippen LogP contribution in [0.4, 0.5) is 0 Å². The van der Waals surface area contributed by atoms with Crippen molar-refractivity contribution in [3.8, 4) is 0 Å². The summed E-state index contributed by atoms with van der Waals surface area (Å²) in [6, 6.07) is 4.20. The smallest absolute Gasteiger partial charge is 0.234 e. The van der Waals surface area contributed by atoms with Crippen LogP contribution < -0.4 is 5.32 Å². The Bertz CT molecular complexity index is 624. The monoisotopic (exact) mass is 344 g/mol. The third-order valence-corrected chi connectivity index (χ3v) is 4.99. The minimum atomic E-state index is -0.0965. The molecule has 1 aliphatic carbocycles. The lowest BCUT2D eigenvalue weighted by atomic mass is 9.85. The zero-order valence-corrected chi connectivity index (χ0v) is 15.2. The minimum Gasteiger partial charge on any atom is -0.353 e. The van der Waals surface area contributed by atoms with Gasteiger partial charge in [-0.25, -0.2) is 0 Å². The topological polar surface area (TPSA) is 65.5 Å². The fraction of sp³-hybridized carbons (Fsp3) is 0.632. The second kappa shape index (κ2) is 7.95. The van der Waals surface area contributed by atoms with Crippen molar-refractivity contribution < 1.29 is 9.59 Å². The average Bonchev–Trinajstić information content (AvgIpc) is 2.60. The summed E-state index contributed by atoms with van der Waals surface area (Å²) in [6.07, 6.45) is 4.74. The molecule has 6 heteroatoms. The third-order valence-electron chi connectivity index (χ3n) is 4.99. The number of hydrogen-bond acceptors (Lipinski definition) is 4. The van der Waals surface area contributed by atoms with Crippen molar-refractivity contribution in [2.24, 2.45) is 0 Å². The Morgan fingerprint density at radius 1 is 1.28 bits per heavy atom. The van der Waals surface area contributed by atoms with Crippen LogP contribution in [0.2, 0.25) is 0 Å². The molecule has 1 unspecified atom stereocenters. The molecular formula is C19H28N4O2. The third kappa shape index (κ3) is 4.37. The Morgan fingerprint density at radius 3 is 2.76 bits per heavy atom. The van der Waals surface area contributed by atoms with Gasteiger partial charge in [0.05, 0.1) is 18.2 Å². The number of carbonyl (C=O) groups is 2. The van der Waals surface area contributed by atoms with Crippen LogP contribution in [0, 0.1) is 0 Å². The first kappa shape index (κ1) is 17.9. The number of aromatic nitrogens is 1. The zero-order chi connectivity index (χ0) is 17.8. The van der Waals surface area contributed by atoms with Crippen molar-refractivity contribution in [2.45, 2.75) is 45.1 Å². The highest BCUT2D eigenvalue weighted by atomic mass is 16.2. The van der Waals surface area contributed by atoms with Crippen LogP contribution in [-0.4, -0.2) is 65.4 Å². The van der Waals surface area contributed by atoms with E-state index in [2.05, 4.69) is 21.3 Å². The molecule has 0 saturated carbocycles. The number of carbonyl (C=O) groups excluding carboxylic acids is 2. The highest BCUT2D eigenvalue weighted by Gasteiger charge is 2.32. The standard InChI is InChI=1S/C19H28N4O2/c1-14(2)21-17(24)13-22-9-11-23(12-10-22)19(25)16-7-3-5-15-6-4-8-20-18(15)16/h4,6,8,14,16H,3,5,7,9-13H2,1-2H3,(H,21,24). The normalized spacial score (nSPS) is 21.1. The molecule has 1 aliphatic heterocycles. The maximum absolute atomic E-state index is 13.0. The lowest BCUT2D eigenvalue weighted by Crippen LogP contribution is -2.52. The summed E-state index contributed by atoms with van der Waals surface area (Å²) in [7, 11) is 0. The highest BCUT2D eigenvalue weighted by molar-refractivity contribution is 5.84. The fourth-order valence-electron chi connectivity index (χ4n) is 3.77. The van der Waals surface area contributed by atoms with Crippen LogP contribution in [0.1, 0.15) is 43.9 Å². The maximum Gasteiger partial charge on any atom is 0.234 e. The van der Waals surface area contributed by atoms with E-state index in [4.69, 9.17) is 0 Å². The van der Waals surface area contributed by atoms with Crippen LogP contribution in [-0.2, 0) is 16.0 Å². The van der Waals surface area contributed by atoms with Gasteiger partial charge in [0.25, 0.3) is 0 Å². The van der Waals surface area contributed by atoms with Crippen molar-refractivity contribution in [1.29, 1.82) is 0 Å².